The van der Waals surface area contributed by atoms with Crippen molar-refractivity contribution in [1.82, 2.24) is 20.4 Å². The van der Waals surface area contributed by atoms with Gasteiger partial charge < -0.3 is 0 Å². The lowest BCUT2D eigenvalue weighted by atomic mass is 10.1. The van der Waals surface area contributed by atoms with Gasteiger partial charge in [-0.2, -0.15) is 0 Å². The predicted octanol–water partition coefficient (Wildman–Crippen LogP) is 1.33. The Morgan fingerprint density at radius 2 is 1.59 bits per heavy atom. The van der Waals surface area contributed by atoms with Crippen LogP contribution in [0.1, 0.15) is 16.2 Å². The highest BCUT2D eigenvalue weighted by atomic mass is 19.1. The Balaban J connectivity index is 2.59. The third kappa shape index (κ3) is 2.12. The summed E-state index contributed by atoms with van der Waals surface area (Å²) in [5.41, 5.74) is -0.549. The van der Waals surface area contributed by atoms with Crippen molar-refractivity contribution >= 4 is 6.29 Å². The maximum absolute atomic E-state index is 13.5. The highest BCUT2D eigenvalue weighted by molar-refractivity contribution is 5.76. The number of carbonyl (C=O) groups is 1. The monoisotopic (exact) mass is 236 g/mol. The van der Waals surface area contributed by atoms with E-state index in [0.29, 0.717) is 12.1 Å². The lowest BCUT2D eigenvalue weighted by Gasteiger charge is -2.03. The number of rotatable bonds is 2. The Labute approximate surface area is 94.5 Å². The van der Waals surface area contributed by atoms with Gasteiger partial charge in [0.05, 0.1) is 5.56 Å². The lowest BCUT2D eigenvalue weighted by Crippen LogP contribution is -2.02. The molecule has 0 aliphatic heterocycles. The summed E-state index contributed by atoms with van der Waals surface area (Å²) in [6, 6.07) is 1.79. The summed E-state index contributed by atoms with van der Waals surface area (Å²) in [4.78, 5) is 10.4. The lowest BCUT2D eigenvalue weighted by molar-refractivity contribution is 0.112. The second-order valence-corrected chi connectivity index (χ2v) is 3.25. The average Bonchev–Trinajstić information content (AvgIpc) is 2.30. The van der Waals surface area contributed by atoms with E-state index in [4.69, 9.17) is 0 Å². The Kier molecular flexibility index (Phi) is 2.82. The summed E-state index contributed by atoms with van der Waals surface area (Å²) in [6.45, 7) is 1.55. The Morgan fingerprint density at radius 1 is 1.06 bits per heavy atom. The maximum atomic E-state index is 13.5. The molecule has 1 aromatic carbocycles. The van der Waals surface area contributed by atoms with E-state index in [1.54, 1.807) is 6.92 Å². The number of aryl methyl sites for hydroxylation is 1. The molecule has 0 aliphatic carbocycles. The number of carbonyl (C=O) groups excluding carboxylic acids is 1. The van der Waals surface area contributed by atoms with E-state index in [9.17, 15) is 13.6 Å². The van der Waals surface area contributed by atoms with Crippen LogP contribution in [0.4, 0.5) is 8.78 Å². The molecule has 5 nitrogen and oxygen atoms in total. The molecule has 0 aliphatic rings. The van der Waals surface area contributed by atoms with Crippen LogP contribution in [-0.2, 0) is 0 Å². The molecule has 0 unspecified atom stereocenters. The van der Waals surface area contributed by atoms with Crippen LogP contribution in [0.5, 0.6) is 0 Å². The molecule has 2 rings (SSSR count). The molecule has 7 heteroatoms. The maximum Gasteiger partial charge on any atom is 0.209 e. The predicted molar refractivity (Wildman–Crippen MR) is 53.1 cm³/mol. The first-order valence-electron chi connectivity index (χ1n) is 4.60. The molecular formula is C10H6F2N4O. The molecule has 2 aromatic rings. The van der Waals surface area contributed by atoms with E-state index in [2.05, 4.69) is 20.4 Å². The highest BCUT2D eigenvalue weighted by Gasteiger charge is 2.16. The van der Waals surface area contributed by atoms with Crippen LogP contribution in [0.15, 0.2) is 12.1 Å². The molecule has 0 saturated carbocycles. The van der Waals surface area contributed by atoms with E-state index < -0.39 is 17.2 Å². The first-order chi connectivity index (χ1) is 8.11. The number of hydrogen-bond acceptors (Lipinski definition) is 5. The third-order valence-corrected chi connectivity index (χ3v) is 2.00. The SMILES string of the molecule is Cc1nnc(-c2c(F)cc(C=O)cc2F)nn1. The first-order valence-corrected chi connectivity index (χ1v) is 4.60. The van der Waals surface area contributed by atoms with Gasteiger partial charge in [0.1, 0.15) is 17.9 Å². The van der Waals surface area contributed by atoms with Gasteiger partial charge in [0.2, 0.25) is 5.82 Å². The number of halogens is 2. The summed E-state index contributed by atoms with van der Waals surface area (Å²) in [7, 11) is 0. The fourth-order valence-electron chi connectivity index (χ4n) is 1.25. The minimum atomic E-state index is -0.931. The van der Waals surface area contributed by atoms with E-state index in [0.717, 1.165) is 12.1 Å². The van der Waals surface area contributed by atoms with Crippen LogP contribution in [0, 0.1) is 18.6 Å². The van der Waals surface area contributed by atoms with E-state index in [1.165, 1.54) is 0 Å². The standard InChI is InChI=1S/C10H6F2N4O/c1-5-13-15-10(16-14-5)9-7(11)2-6(4-17)3-8(9)12/h2-4H,1H3. The van der Waals surface area contributed by atoms with Gasteiger partial charge in [0.15, 0.2) is 5.82 Å². The van der Waals surface area contributed by atoms with Crippen molar-refractivity contribution in [2.45, 2.75) is 6.92 Å². The van der Waals surface area contributed by atoms with Crippen LogP contribution in [0.2, 0.25) is 0 Å². The van der Waals surface area contributed by atoms with Crippen LogP contribution in [0.25, 0.3) is 11.4 Å². The summed E-state index contributed by atoms with van der Waals surface area (Å²) < 4.78 is 27.1. The molecule has 17 heavy (non-hydrogen) atoms. The zero-order valence-corrected chi connectivity index (χ0v) is 8.69. The molecule has 1 aromatic heterocycles. The fourth-order valence-corrected chi connectivity index (χ4v) is 1.25. The van der Waals surface area contributed by atoms with Crippen LogP contribution in [0.3, 0.4) is 0 Å². The second-order valence-electron chi connectivity index (χ2n) is 3.25. The number of hydrogen-bond donors (Lipinski definition) is 0. The number of benzene rings is 1. The van der Waals surface area contributed by atoms with Gasteiger partial charge in [-0.05, 0) is 19.1 Å². The number of aromatic nitrogens is 4. The van der Waals surface area contributed by atoms with Crippen molar-refractivity contribution in [3.63, 3.8) is 0 Å². The average molecular weight is 236 g/mol. The fraction of sp³-hybridized carbons (Fsp3) is 0.100. The van der Waals surface area contributed by atoms with Crippen LogP contribution in [-0.4, -0.2) is 26.7 Å². The Morgan fingerprint density at radius 3 is 2.06 bits per heavy atom. The number of aldehydes is 1. The molecule has 1 heterocycles. The van der Waals surface area contributed by atoms with E-state index in [1.807, 2.05) is 0 Å². The summed E-state index contributed by atoms with van der Waals surface area (Å²) in [5.74, 6) is -1.83. The van der Waals surface area contributed by atoms with Crippen molar-refractivity contribution in [1.29, 1.82) is 0 Å². The van der Waals surface area contributed by atoms with Gasteiger partial charge in [-0.15, -0.1) is 20.4 Å². The van der Waals surface area contributed by atoms with Crippen molar-refractivity contribution in [3.05, 3.63) is 35.2 Å². The first kappa shape index (κ1) is 11.2. The zero-order chi connectivity index (χ0) is 12.4. The Hall–Kier alpha value is -2.31. The molecular weight excluding hydrogens is 230 g/mol. The summed E-state index contributed by atoms with van der Waals surface area (Å²) in [5, 5.41) is 14.2. The molecule has 0 spiro atoms. The molecule has 0 atom stereocenters. The van der Waals surface area contributed by atoms with Gasteiger partial charge in [0, 0.05) is 5.56 Å². The van der Waals surface area contributed by atoms with Gasteiger partial charge in [0.25, 0.3) is 0 Å². The largest absolute Gasteiger partial charge is 0.298 e. The molecule has 0 bridgehead atoms. The van der Waals surface area contributed by atoms with Crippen LogP contribution < -0.4 is 0 Å². The molecule has 0 radical (unpaired) electrons. The molecule has 0 fully saturated rings. The van der Waals surface area contributed by atoms with Crippen LogP contribution >= 0.6 is 0 Å². The summed E-state index contributed by atoms with van der Waals surface area (Å²) >= 11 is 0. The quantitative estimate of drug-likeness (QED) is 0.736. The molecule has 86 valence electrons. The van der Waals surface area contributed by atoms with Gasteiger partial charge >= 0.3 is 0 Å². The van der Waals surface area contributed by atoms with Crippen molar-refractivity contribution in [2.75, 3.05) is 0 Å². The number of nitrogens with zero attached hydrogens (tertiary/aromatic N) is 4. The normalized spacial score (nSPS) is 10.3. The van der Waals surface area contributed by atoms with Gasteiger partial charge in [-0.3, -0.25) is 4.79 Å². The van der Waals surface area contributed by atoms with E-state index >= 15 is 0 Å². The van der Waals surface area contributed by atoms with Crippen molar-refractivity contribution in [2.24, 2.45) is 0 Å². The van der Waals surface area contributed by atoms with Crippen molar-refractivity contribution in [3.8, 4) is 11.4 Å². The molecule has 0 amide bonds. The smallest absolute Gasteiger partial charge is 0.209 e. The molecule has 0 saturated heterocycles. The van der Waals surface area contributed by atoms with E-state index in [-0.39, 0.29) is 11.4 Å². The summed E-state index contributed by atoms with van der Waals surface area (Å²) in [6.07, 6.45) is 0.350. The van der Waals surface area contributed by atoms with Gasteiger partial charge in [-0.1, -0.05) is 0 Å². The van der Waals surface area contributed by atoms with Gasteiger partial charge in [-0.25, -0.2) is 8.78 Å². The van der Waals surface area contributed by atoms with Crippen molar-refractivity contribution < 1.29 is 13.6 Å². The zero-order valence-electron chi connectivity index (χ0n) is 8.69. The third-order valence-electron chi connectivity index (χ3n) is 2.00. The topological polar surface area (TPSA) is 68.6 Å². The second kappa shape index (κ2) is 4.28. The Bertz CT molecular complexity index is 548. The minimum absolute atomic E-state index is 0.100. The highest BCUT2D eigenvalue weighted by Crippen LogP contribution is 2.22. The minimum Gasteiger partial charge on any atom is -0.298 e. The molecule has 0 N–H and O–H groups in total.